The van der Waals surface area contributed by atoms with Crippen molar-refractivity contribution < 1.29 is 9.47 Å². The fraction of sp³-hybridized carbons (Fsp3) is 0.231. The van der Waals surface area contributed by atoms with Crippen LogP contribution in [-0.2, 0) is 19.6 Å². The highest BCUT2D eigenvalue weighted by Crippen LogP contribution is 2.37. The molecule has 0 saturated carbocycles. The van der Waals surface area contributed by atoms with Gasteiger partial charge in [0, 0.05) is 23.6 Å². The predicted molar refractivity (Wildman–Crippen MR) is 127 cm³/mol. The van der Waals surface area contributed by atoms with Gasteiger partial charge in [-0.15, -0.1) is 0 Å². The topological polar surface area (TPSA) is 46.3 Å². The first-order valence-corrected chi connectivity index (χ1v) is 10.8. The van der Waals surface area contributed by atoms with Crippen LogP contribution in [0, 0.1) is 6.92 Å². The van der Waals surface area contributed by atoms with Crippen molar-refractivity contribution in [1.29, 1.82) is 0 Å². The van der Waals surface area contributed by atoms with Crippen LogP contribution in [0.2, 0.25) is 5.02 Å². The van der Waals surface area contributed by atoms with Crippen LogP contribution in [0.4, 0.5) is 0 Å². The SMILES string of the molecule is COc1cc(CNCCc2c[nH]c3ccccc23)cc(Cl)c1OCc1ccc(C)cc1. The second kappa shape index (κ2) is 9.90. The summed E-state index contributed by atoms with van der Waals surface area (Å²) in [6, 6.07) is 20.6. The molecule has 2 N–H and O–H groups in total. The van der Waals surface area contributed by atoms with Gasteiger partial charge in [0.05, 0.1) is 12.1 Å². The van der Waals surface area contributed by atoms with Crippen LogP contribution in [0.15, 0.2) is 66.9 Å². The quantitative estimate of drug-likeness (QED) is 0.315. The molecule has 0 aliphatic carbocycles. The largest absolute Gasteiger partial charge is 0.493 e. The van der Waals surface area contributed by atoms with E-state index in [1.54, 1.807) is 7.11 Å². The zero-order valence-corrected chi connectivity index (χ0v) is 18.6. The lowest BCUT2D eigenvalue weighted by Gasteiger charge is -2.15. The Balaban J connectivity index is 1.35. The van der Waals surface area contributed by atoms with Crippen LogP contribution in [0.5, 0.6) is 11.5 Å². The van der Waals surface area contributed by atoms with E-state index in [0.29, 0.717) is 29.7 Å². The molecule has 0 aliphatic heterocycles. The number of nitrogens with one attached hydrogen (secondary N) is 2. The predicted octanol–water partition coefficient (Wildman–Crippen LogP) is 6.05. The van der Waals surface area contributed by atoms with Crippen LogP contribution in [0.1, 0.15) is 22.3 Å². The Labute approximate surface area is 188 Å². The molecule has 0 spiro atoms. The molecule has 0 atom stereocenters. The minimum atomic E-state index is 0.443. The molecular formula is C26H27ClN2O2. The fourth-order valence-electron chi connectivity index (χ4n) is 3.65. The van der Waals surface area contributed by atoms with Gasteiger partial charge in [-0.05, 0) is 54.8 Å². The van der Waals surface area contributed by atoms with E-state index in [0.717, 1.165) is 24.1 Å². The van der Waals surface area contributed by atoms with Gasteiger partial charge >= 0.3 is 0 Å². The number of hydrogen-bond acceptors (Lipinski definition) is 3. The molecule has 1 aromatic heterocycles. The molecule has 5 heteroatoms. The van der Waals surface area contributed by atoms with Crippen LogP contribution < -0.4 is 14.8 Å². The van der Waals surface area contributed by atoms with Gasteiger partial charge in [0.15, 0.2) is 11.5 Å². The van der Waals surface area contributed by atoms with E-state index >= 15 is 0 Å². The van der Waals surface area contributed by atoms with E-state index in [9.17, 15) is 0 Å². The molecular weight excluding hydrogens is 408 g/mol. The lowest BCUT2D eigenvalue weighted by molar-refractivity contribution is 0.284. The standard InChI is InChI=1S/C26H27ClN2O2/c1-18-7-9-19(10-8-18)17-31-26-23(27)13-20(14-25(26)30-2)15-28-12-11-21-16-29-24-6-4-3-5-22(21)24/h3-10,13-14,16,28-29H,11-12,15,17H2,1-2H3. The Morgan fingerprint density at radius 1 is 1.00 bits per heavy atom. The van der Waals surface area contributed by atoms with Gasteiger partial charge in [0.25, 0.3) is 0 Å². The fourth-order valence-corrected chi connectivity index (χ4v) is 3.94. The van der Waals surface area contributed by atoms with Crippen molar-refractivity contribution in [3.05, 3.63) is 94.1 Å². The number of fused-ring (bicyclic) bond motifs is 1. The molecule has 0 radical (unpaired) electrons. The number of benzene rings is 3. The number of aromatic amines is 1. The highest BCUT2D eigenvalue weighted by atomic mass is 35.5. The van der Waals surface area contributed by atoms with Gasteiger partial charge in [-0.3, -0.25) is 0 Å². The average molecular weight is 435 g/mol. The molecule has 160 valence electrons. The molecule has 0 aliphatic rings. The maximum atomic E-state index is 6.53. The maximum Gasteiger partial charge on any atom is 0.180 e. The van der Waals surface area contributed by atoms with Gasteiger partial charge in [0.2, 0.25) is 0 Å². The van der Waals surface area contributed by atoms with E-state index in [1.165, 1.54) is 22.0 Å². The Morgan fingerprint density at radius 3 is 2.61 bits per heavy atom. The summed E-state index contributed by atoms with van der Waals surface area (Å²) in [5.41, 5.74) is 5.87. The summed E-state index contributed by atoms with van der Waals surface area (Å²) in [7, 11) is 1.64. The summed E-state index contributed by atoms with van der Waals surface area (Å²) < 4.78 is 11.5. The second-order valence-electron chi connectivity index (χ2n) is 7.67. The molecule has 1 heterocycles. The zero-order chi connectivity index (χ0) is 21.6. The number of aryl methyl sites for hydroxylation is 1. The number of methoxy groups -OCH3 is 1. The Morgan fingerprint density at radius 2 is 1.81 bits per heavy atom. The van der Waals surface area contributed by atoms with Gasteiger partial charge in [-0.1, -0.05) is 59.6 Å². The van der Waals surface area contributed by atoms with Crippen LogP contribution >= 0.6 is 11.6 Å². The third-order valence-electron chi connectivity index (χ3n) is 5.37. The normalized spacial score (nSPS) is 11.1. The van der Waals surface area contributed by atoms with E-state index in [1.807, 2.05) is 18.2 Å². The van der Waals surface area contributed by atoms with Crippen molar-refractivity contribution in [2.45, 2.75) is 26.5 Å². The van der Waals surface area contributed by atoms with Gasteiger partial charge < -0.3 is 19.8 Å². The minimum absolute atomic E-state index is 0.443. The molecule has 4 aromatic rings. The highest BCUT2D eigenvalue weighted by Gasteiger charge is 2.12. The summed E-state index contributed by atoms with van der Waals surface area (Å²) in [6.07, 6.45) is 3.04. The maximum absolute atomic E-state index is 6.53. The number of rotatable bonds is 9. The average Bonchev–Trinajstić information content (AvgIpc) is 3.20. The molecule has 4 rings (SSSR count). The summed E-state index contributed by atoms with van der Waals surface area (Å²) in [6.45, 7) is 4.08. The van der Waals surface area contributed by atoms with E-state index in [2.05, 4.69) is 65.9 Å². The third-order valence-corrected chi connectivity index (χ3v) is 5.65. The molecule has 31 heavy (non-hydrogen) atoms. The van der Waals surface area contributed by atoms with Crippen molar-refractivity contribution in [3.8, 4) is 11.5 Å². The first-order valence-electron chi connectivity index (χ1n) is 10.4. The van der Waals surface area contributed by atoms with Crippen molar-refractivity contribution >= 4 is 22.5 Å². The molecule has 0 fully saturated rings. The van der Waals surface area contributed by atoms with Crippen molar-refractivity contribution in [1.82, 2.24) is 10.3 Å². The van der Waals surface area contributed by atoms with E-state index in [-0.39, 0.29) is 0 Å². The summed E-state index contributed by atoms with van der Waals surface area (Å²) in [5.74, 6) is 1.22. The summed E-state index contributed by atoms with van der Waals surface area (Å²) in [5, 5.41) is 5.33. The van der Waals surface area contributed by atoms with E-state index in [4.69, 9.17) is 21.1 Å². The van der Waals surface area contributed by atoms with Crippen molar-refractivity contribution in [2.24, 2.45) is 0 Å². The van der Waals surface area contributed by atoms with Crippen molar-refractivity contribution in [3.63, 3.8) is 0 Å². The number of aromatic nitrogens is 1. The van der Waals surface area contributed by atoms with Gasteiger partial charge in [-0.2, -0.15) is 0 Å². The molecule has 0 amide bonds. The summed E-state index contributed by atoms with van der Waals surface area (Å²) >= 11 is 6.53. The number of para-hydroxylation sites is 1. The van der Waals surface area contributed by atoms with Crippen molar-refractivity contribution in [2.75, 3.05) is 13.7 Å². The lowest BCUT2D eigenvalue weighted by Crippen LogP contribution is -2.16. The molecule has 0 unspecified atom stereocenters. The van der Waals surface area contributed by atoms with Gasteiger partial charge in [-0.25, -0.2) is 0 Å². The highest BCUT2D eigenvalue weighted by molar-refractivity contribution is 6.32. The Bertz CT molecular complexity index is 1150. The minimum Gasteiger partial charge on any atom is -0.493 e. The molecule has 0 bridgehead atoms. The summed E-state index contributed by atoms with van der Waals surface area (Å²) in [4.78, 5) is 3.33. The van der Waals surface area contributed by atoms with Crippen LogP contribution in [-0.4, -0.2) is 18.6 Å². The van der Waals surface area contributed by atoms with Crippen LogP contribution in [0.3, 0.4) is 0 Å². The second-order valence-corrected chi connectivity index (χ2v) is 8.08. The Kier molecular flexibility index (Phi) is 6.80. The molecule has 3 aromatic carbocycles. The number of ether oxygens (including phenoxy) is 2. The lowest BCUT2D eigenvalue weighted by atomic mass is 10.1. The zero-order valence-electron chi connectivity index (χ0n) is 17.9. The first kappa shape index (κ1) is 21.3. The third kappa shape index (κ3) is 5.22. The van der Waals surface area contributed by atoms with Crippen LogP contribution in [0.25, 0.3) is 10.9 Å². The number of halogens is 1. The monoisotopic (exact) mass is 434 g/mol. The molecule has 4 nitrogen and oxygen atoms in total. The number of H-pyrrole nitrogens is 1. The van der Waals surface area contributed by atoms with E-state index < -0.39 is 0 Å². The van der Waals surface area contributed by atoms with Gasteiger partial charge in [0.1, 0.15) is 6.61 Å². The molecule has 0 saturated heterocycles. The first-order chi connectivity index (χ1) is 15.1. The Hall–Kier alpha value is -2.95. The number of hydrogen-bond donors (Lipinski definition) is 2. The smallest absolute Gasteiger partial charge is 0.180 e.